The number of nitrogens with zero attached hydrogens (tertiary/aromatic N) is 1. The Bertz CT molecular complexity index is 1060. The molecule has 2 heterocycles. The summed E-state index contributed by atoms with van der Waals surface area (Å²) in [5, 5.41) is 5.58. The van der Waals surface area contributed by atoms with Crippen LogP contribution in [0.25, 0.3) is 0 Å². The highest BCUT2D eigenvalue weighted by atomic mass is 32.2. The van der Waals surface area contributed by atoms with E-state index in [9.17, 15) is 17.6 Å². The summed E-state index contributed by atoms with van der Waals surface area (Å²) in [4.78, 5) is 17.9. The molecule has 0 aliphatic carbocycles. The number of anilines is 1. The Morgan fingerprint density at radius 1 is 1.18 bits per heavy atom. The smallest absolute Gasteiger partial charge is 0.240 e. The second-order valence-corrected chi connectivity index (χ2v) is 9.64. The third-order valence-corrected chi connectivity index (χ3v) is 7.29. The van der Waals surface area contributed by atoms with E-state index in [1.165, 1.54) is 34.8 Å². The van der Waals surface area contributed by atoms with E-state index in [-0.39, 0.29) is 17.2 Å². The van der Waals surface area contributed by atoms with Gasteiger partial charge in [-0.3, -0.25) is 4.79 Å². The predicted molar refractivity (Wildman–Crippen MR) is 109 cm³/mol. The molecule has 0 atom stereocenters. The van der Waals surface area contributed by atoms with E-state index in [4.69, 9.17) is 0 Å². The molecule has 0 saturated heterocycles. The van der Waals surface area contributed by atoms with Crippen molar-refractivity contribution in [3.63, 3.8) is 0 Å². The van der Waals surface area contributed by atoms with Gasteiger partial charge in [-0.2, -0.15) is 0 Å². The Hall–Kier alpha value is -2.14. The number of thiophene rings is 1. The van der Waals surface area contributed by atoms with E-state index in [0.717, 1.165) is 17.7 Å². The predicted octanol–water partition coefficient (Wildman–Crippen LogP) is 3.66. The monoisotopic (exact) mass is 439 g/mol. The van der Waals surface area contributed by atoms with Crippen molar-refractivity contribution < 1.29 is 17.6 Å². The number of ketones is 1. The standard InChI is InChI=1S/C18H18FN3O3S3/c1-12-7-10-26-17(12)16(23)15-11-21-18(27-15)20-8-2-9-22-28(24,25)14-5-3-13(19)4-6-14/h3-7,10-11,22H,2,8-9H2,1H3,(H,20,21). The zero-order chi connectivity index (χ0) is 20.1. The van der Waals surface area contributed by atoms with Gasteiger partial charge in [0.1, 0.15) is 5.82 Å². The second kappa shape index (κ2) is 8.91. The van der Waals surface area contributed by atoms with Gasteiger partial charge in [-0.1, -0.05) is 11.3 Å². The molecule has 0 radical (unpaired) electrons. The molecule has 6 nitrogen and oxygen atoms in total. The van der Waals surface area contributed by atoms with Gasteiger partial charge in [0, 0.05) is 13.1 Å². The molecular formula is C18H18FN3O3S3. The first-order valence-corrected chi connectivity index (χ1v) is 11.6. The van der Waals surface area contributed by atoms with Crippen molar-refractivity contribution in [2.45, 2.75) is 18.2 Å². The molecule has 0 fully saturated rings. The molecule has 0 spiro atoms. The Balaban J connectivity index is 1.46. The summed E-state index contributed by atoms with van der Waals surface area (Å²) in [7, 11) is -3.66. The molecule has 2 N–H and O–H groups in total. The van der Waals surface area contributed by atoms with Crippen LogP contribution in [0.3, 0.4) is 0 Å². The summed E-state index contributed by atoms with van der Waals surface area (Å²) < 4.78 is 39.5. The fourth-order valence-corrected chi connectivity index (χ4v) is 5.17. The number of sulfonamides is 1. The van der Waals surface area contributed by atoms with Crippen molar-refractivity contribution in [2.75, 3.05) is 18.4 Å². The SMILES string of the molecule is Cc1ccsc1C(=O)c1cnc(NCCCNS(=O)(=O)c2ccc(F)cc2)s1. The highest BCUT2D eigenvalue weighted by Gasteiger charge is 2.16. The number of halogens is 1. The van der Waals surface area contributed by atoms with Gasteiger partial charge in [0.05, 0.1) is 20.8 Å². The van der Waals surface area contributed by atoms with Gasteiger partial charge in [-0.25, -0.2) is 22.5 Å². The average Bonchev–Trinajstić information content (AvgIpc) is 3.30. The molecule has 10 heteroatoms. The largest absolute Gasteiger partial charge is 0.361 e. The summed E-state index contributed by atoms with van der Waals surface area (Å²) >= 11 is 2.68. The lowest BCUT2D eigenvalue weighted by Gasteiger charge is -2.07. The lowest BCUT2D eigenvalue weighted by atomic mass is 10.2. The number of carbonyl (C=O) groups excluding carboxylic acids is 1. The minimum Gasteiger partial charge on any atom is -0.361 e. The number of nitrogens with one attached hydrogen (secondary N) is 2. The highest BCUT2D eigenvalue weighted by Crippen LogP contribution is 2.25. The van der Waals surface area contributed by atoms with Gasteiger partial charge in [-0.15, -0.1) is 11.3 Å². The van der Waals surface area contributed by atoms with Crippen LogP contribution in [0.15, 0.2) is 46.8 Å². The van der Waals surface area contributed by atoms with Gasteiger partial charge < -0.3 is 5.32 Å². The summed E-state index contributed by atoms with van der Waals surface area (Å²) in [6.45, 7) is 2.61. The summed E-state index contributed by atoms with van der Waals surface area (Å²) in [6.07, 6.45) is 2.07. The first kappa shape index (κ1) is 20.6. The van der Waals surface area contributed by atoms with Gasteiger partial charge >= 0.3 is 0 Å². The van der Waals surface area contributed by atoms with E-state index >= 15 is 0 Å². The Labute approximate surface area is 170 Å². The normalized spacial score (nSPS) is 11.5. The van der Waals surface area contributed by atoms with Crippen molar-refractivity contribution in [3.8, 4) is 0 Å². The number of hydrogen-bond donors (Lipinski definition) is 2. The van der Waals surface area contributed by atoms with Crippen molar-refractivity contribution in [3.05, 3.63) is 63.0 Å². The number of hydrogen-bond acceptors (Lipinski definition) is 7. The summed E-state index contributed by atoms with van der Waals surface area (Å²) in [5.74, 6) is -0.524. The number of aryl methyl sites for hydroxylation is 1. The first-order chi connectivity index (χ1) is 13.4. The molecule has 1 aromatic carbocycles. The Kier molecular flexibility index (Phi) is 6.55. The fraction of sp³-hybridized carbons (Fsp3) is 0.222. The summed E-state index contributed by atoms with van der Waals surface area (Å²) in [5.41, 5.74) is 0.950. The van der Waals surface area contributed by atoms with E-state index in [0.29, 0.717) is 27.9 Å². The maximum absolute atomic E-state index is 12.9. The molecular weight excluding hydrogens is 421 g/mol. The van der Waals surface area contributed by atoms with E-state index in [1.54, 1.807) is 6.20 Å². The molecule has 0 aliphatic heterocycles. The van der Waals surface area contributed by atoms with Crippen LogP contribution in [0.4, 0.5) is 9.52 Å². The maximum atomic E-state index is 12.9. The van der Waals surface area contributed by atoms with Crippen LogP contribution in [0, 0.1) is 12.7 Å². The lowest BCUT2D eigenvalue weighted by molar-refractivity contribution is 0.104. The quantitative estimate of drug-likeness (QED) is 0.392. The topological polar surface area (TPSA) is 88.2 Å². The zero-order valence-electron chi connectivity index (χ0n) is 14.9. The highest BCUT2D eigenvalue weighted by molar-refractivity contribution is 7.89. The van der Waals surface area contributed by atoms with Crippen molar-refractivity contribution in [1.82, 2.24) is 9.71 Å². The summed E-state index contributed by atoms with van der Waals surface area (Å²) in [6, 6.07) is 6.56. The van der Waals surface area contributed by atoms with Crippen LogP contribution >= 0.6 is 22.7 Å². The molecule has 0 amide bonds. The third-order valence-electron chi connectivity index (χ3n) is 3.84. The van der Waals surface area contributed by atoms with Gasteiger partial charge in [0.25, 0.3) is 0 Å². The third kappa shape index (κ3) is 5.02. The average molecular weight is 440 g/mol. The van der Waals surface area contributed by atoms with Crippen molar-refractivity contribution >= 4 is 43.6 Å². The minimum absolute atomic E-state index is 0.0220. The molecule has 0 unspecified atom stereocenters. The molecule has 148 valence electrons. The fourth-order valence-electron chi connectivity index (χ4n) is 2.37. The van der Waals surface area contributed by atoms with Crippen LogP contribution < -0.4 is 10.0 Å². The number of benzene rings is 1. The number of rotatable bonds is 9. The molecule has 0 bridgehead atoms. The molecule has 0 saturated carbocycles. The van der Waals surface area contributed by atoms with Crippen molar-refractivity contribution in [1.29, 1.82) is 0 Å². The van der Waals surface area contributed by atoms with Crippen LogP contribution in [0.1, 0.15) is 26.5 Å². The van der Waals surface area contributed by atoms with Gasteiger partial charge in [0.15, 0.2) is 5.13 Å². The molecule has 0 aliphatic rings. The number of aromatic nitrogens is 1. The van der Waals surface area contributed by atoms with Gasteiger partial charge in [-0.05, 0) is 54.6 Å². The van der Waals surface area contributed by atoms with E-state index in [2.05, 4.69) is 15.0 Å². The zero-order valence-corrected chi connectivity index (χ0v) is 17.4. The number of carbonyl (C=O) groups is 1. The minimum atomic E-state index is -3.66. The van der Waals surface area contributed by atoms with Crippen LogP contribution in [0.5, 0.6) is 0 Å². The molecule has 2 aromatic heterocycles. The van der Waals surface area contributed by atoms with Crippen molar-refractivity contribution in [2.24, 2.45) is 0 Å². The van der Waals surface area contributed by atoms with E-state index in [1.807, 2.05) is 18.4 Å². The van der Waals surface area contributed by atoms with Crippen LogP contribution in [-0.4, -0.2) is 32.3 Å². The van der Waals surface area contributed by atoms with Gasteiger partial charge in [0.2, 0.25) is 15.8 Å². The molecule has 28 heavy (non-hydrogen) atoms. The van der Waals surface area contributed by atoms with E-state index < -0.39 is 15.8 Å². The first-order valence-electron chi connectivity index (χ1n) is 8.40. The maximum Gasteiger partial charge on any atom is 0.240 e. The molecule has 3 rings (SSSR count). The molecule has 3 aromatic rings. The Morgan fingerprint density at radius 2 is 1.93 bits per heavy atom. The van der Waals surface area contributed by atoms with Crippen LogP contribution in [-0.2, 0) is 10.0 Å². The lowest BCUT2D eigenvalue weighted by Crippen LogP contribution is -2.26. The number of thiazole rings is 1. The second-order valence-electron chi connectivity index (χ2n) is 5.92. The Morgan fingerprint density at radius 3 is 2.61 bits per heavy atom. The van der Waals surface area contributed by atoms with Crippen LogP contribution in [0.2, 0.25) is 0 Å².